The van der Waals surface area contributed by atoms with E-state index >= 15 is 0 Å². The average Bonchev–Trinajstić information content (AvgIpc) is 3.00. The second kappa shape index (κ2) is 8.89. The zero-order valence-electron chi connectivity index (χ0n) is 18.1. The Morgan fingerprint density at radius 1 is 0.844 bits per heavy atom. The number of imidazole rings is 1. The summed E-state index contributed by atoms with van der Waals surface area (Å²) in [4.78, 5) is 25.2. The van der Waals surface area contributed by atoms with Crippen molar-refractivity contribution < 1.29 is 14.3 Å². The van der Waals surface area contributed by atoms with Gasteiger partial charge in [0.15, 0.2) is 5.75 Å². The molecule has 0 unspecified atom stereocenters. The van der Waals surface area contributed by atoms with E-state index in [1.807, 2.05) is 49.4 Å². The third-order valence-corrected chi connectivity index (χ3v) is 5.03. The zero-order valence-corrected chi connectivity index (χ0v) is 18.1. The Bertz CT molecular complexity index is 1330. The van der Waals surface area contributed by atoms with Crippen LogP contribution in [-0.4, -0.2) is 21.8 Å². The second-order valence-corrected chi connectivity index (χ2v) is 7.16. The first kappa shape index (κ1) is 21.0. The number of anilines is 2. The number of nitrogens with one attached hydrogen (secondary N) is 2. The molecule has 2 N–H and O–H groups in total. The Morgan fingerprint density at radius 2 is 1.47 bits per heavy atom. The van der Waals surface area contributed by atoms with Gasteiger partial charge >= 0.3 is 11.7 Å². The normalized spacial score (nSPS) is 10.7. The summed E-state index contributed by atoms with van der Waals surface area (Å²) in [5.41, 5.74) is 2.16. The van der Waals surface area contributed by atoms with E-state index in [0.29, 0.717) is 46.3 Å². The number of hydrogen-bond acceptors (Lipinski definition) is 4. The maximum atomic E-state index is 12.8. The molecule has 0 radical (unpaired) electrons. The van der Waals surface area contributed by atoms with Gasteiger partial charge in [0.05, 0.1) is 29.0 Å². The van der Waals surface area contributed by atoms with Crippen molar-refractivity contribution in [3.05, 3.63) is 77.2 Å². The Balaban J connectivity index is 1.70. The van der Waals surface area contributed by atoms with Crippen LogP contribution in [0.25, 0.3) is 11.0 Å². The summed E-state index contributed by atoms with van der Waals surface area (Å²) in [5, 5.41) is 5.65. The summed E-state index contributed by atoms with van der Waals surface area (Å²) in [5.74, 6) is 1.60. The van der Waals surface area contributed by atoms with Crippen LogP contribution in [0.2, 0.25) is 0 Å². The van der Waals surface area contributed by atoms with Crippen LogP contribution >= 0.6 is 0 Å². The molecule has 0 bridgehead atoms. The van der Waals surface area contributed by atoms with Crippen LogP contribution in [-0.2, 0) is 14.1 Å². The van der Waals surface area contributed by atoms with E-state index in [-0.39, 0.29) is 5.69 Å². The molecule has 0 fully saturated rings. The molecule has 164 valence electrons. The van der Waals surface area contributed by atoms with E-state index in [1.165, 1.54) is 9.13 Å². The number of benzene rings is 3. The van der Waals surface area contributed by atoms with Gasteiger partial charge in [0.25, 0.3) is 0 Å². The topological polar surface area (TPSA) is 86.5 Å². The summed E-state index contributed by atoms with van der Waals surface area (Å²) in [6, 6.07) is 19.4. The van der Waals surface area contributed by atoms with Crippen LogP contribution in [0.3, 0.4) is 0 Å². The zero-order chi connectivity index (χ0) is 22.7. The molecule has 0 aliphatic heterocycles. The van der Waals surface area contributed by atoms with Crippen LogP contribution in [0.15, 0.2) is 71.5 Å². The average molecular weight is 432 g/mol. The highest BCUT2D eigenvalue weighted by Crippen LogP contribution is 2.34. The number of carbonyl (C=O) groups excluding carboxylic acids is 1. The standard InChI is InChI=1S/C24H24N4O4/c1-4-31-21-13-9-8-12-17(21)25-23(29)26-18-14-19-20(28(3)24(30)27(19)2)15-22(18)32-16-10-6-5-7-11-16/h5-15H,4H2,1-3H3,(H2,25,26,29). The van der Waals surface area contributed by atoms with E-state index in [9.17, 15) is 9.59 Å². The van der Waals surface area contributed by atoms with Gasteiger partial charge in [0.1, 0.15) is 11.5 Å². The molecule has 4 rings (SSSR count). The minimum atomic E-state index is -0.463. The minimum absolute atomic E-state index is 0.169. The molecule has 1 aromatic heterocycles. The van der Waals surface area contributed by atoms with Crippen molar-refractivity contribution >= 4 is 28.4 Å². The lowest BCUT2D eigenvalue weighted by Gasteiger charge is -2.15. The van der Waals surface area contributed by atoms with E-state index in [4.69, 9.17) is 9.47 Å². The fourth-order valence-corrected chi connectivity index (χ4v) is 3.45. The molecule has 0 spiro atoms. The summed E-state index contributed by atoms with van der Waals surface area (Å²) in [6.45, 7) is 2.36. The smallest absolute Gasteiger partial charge is 0.328 e. The van der Waals surface area contributed by atoms with E-state index in [1.54, 1.807) is 38.4 Å². The number of aromatic nitrogens is 2. The first-order chi connectivity index (χ1) is 15.5. The van der Waals surface area contributed by atoms with Gasteiger partial charge in [-0.25, -0.2) is 9.59 Å². The van der Waals surface area contributed by atoms with E-state index < -0.39 is 6.03 Å². The van der Waals surface area contributed by atoms with Crippen molar-refractivity contribution in [2.24, 2.45) is 14.1 Å². The van der Waals surface area contributed by atoms with Gasteiger partial charge in [0.2, 0.25) is 0 Å². The lowest BCUT2D eigenvalue weighted by atomic mass is 10.2. The van der Waals surface area contributed by atoms with Gasteiger partial charge in [-0.15, -0.1) is 0 Å². The molecule has 0 atom stereocenters. The van der Waals surface area contributed by atoms with Crippen molar-refractivity contribution in [2.75, 3.05) is 17.2 Å². The molecule has 8 heteroatoms. The Labute approximate surface area is 185 Å². The van der Waals surface area contributed by atoms with Crippen molar-refractivity contribution in [3.63, 3.8) is 0 Å². The lowest BCUT2D eigenvalue weighted by Crippen LogP contribution is -2.20. The van der Waals surface area contributed by atoms with Crippen LogP contribution in [0.4, 0.5) is 16.2 Å². The molecule has 0 aliphatic rings. The summed E-state index contributed by atoms with van der Waals surface area (Å²) < 4.78 is 14.7. The third kappa shape index (κ3) is 4.15. The number of aryl methyl sites for hydroxylation is 2. The fourth-order valence-electron chi connectivity index (χ4n) is 3.45. The predicted molar refractivity (Wildman–Crippen MR) is 125 cm³/mol. The molecular weight excluding hydrogens is 408 g/mol. The van der Waals surface area contributed by atoms with E-state index in [0.717, 1.165) is 0 Å². The minimum Gasteiger partial charge on any atom is -0.492 e. The van der Waals surface area contributed by atoms with Gasteiger partial charge in [-0.05, 0) is 37.3 Å². The largest absolute Gasteiger partial charge is 0.492 e. The molecule has 3 aromatic carbocycles. The monoisotopic (exact) mass is 432 g/mol. The number of hydrogen-bond donors (Lipinski definition) is 2. The van der Waals surface area contributed by atoms with Crippen molar-refractivity contribution in [1.82, 2.24) is 9.13 Å². The highest BCUT2D eigenvalue weighted by atomic mass is 16.5. The number of para-hydroxylation sites is 3. The maximum absolute atomic E-state index is 12.8. The quantitative estimate of drug-likeness (QED) is 0.462. The molecule has 1 heterocycles. The maximum Gasteiger partial charge on any atom is 0.328 e. The molecular formula is C24H24N4O4. The number of urea groups is 1. The fraction of sp³-hybridized carbons (Fsp3) is 0.167. The van der Waals surface area contributed by atoms with Crippen LogP contribution in [0.5, 0.6) is 17.2 Å². The van der Waals surface area contributed by atoms with Gasteiger partial charge in [0, 0.05) is 20.2 Å². The molecule has 8 nitrogen and oxygen atoms in total. The number of carbonyl (C=O) groups is 1. The summed E-state index contributed by atoms with van der Waals surface area (Å²) >= 11 is 0. The van der Waals surface area contributed by atoms with Crippen molar-refractivity contribution in [2.45, 2.75) is 6.92 Å². The lowest BCUT2D eigenvalue weighted by molar-refractivity contribution is 0.262. The summed E-state index contributed by atoms with van der Waals surface area (Å²) in [7, 11) is 3.38. The van der Waals surface area contributed by atoms with Crippen molar-refractivity contribution in [3.8, 4) is 17.2 Å². The molecule has 0 aliphatic carbocycles. The van der Waals surface area contributed by atoms with Crippen molar-refractivity contribution in [1.29, 1.82) is 0 Å². The second-order valence-electron chi connectivity index (χ2n) is 7.16. The molecule has 0 saturated carbocycles. The van der Waals surface area contributed by atoms with Crippen LogP contribution in [0.1, 0.15) is 6.92 Å². The molecule has 2 amide bonds. The number of rotatable bonds is 6. The van der Waals surface area contributed by atoms with Crippen LogP contribution in [0, 0.1) is 0 Å². The number of fused-ring (bicyclic) bond motifs is 1. The molecule has 32 heavy (non-hydrogen) atoms. The van der Waals surface area contributed by atoms with Gasteiger partial charge < -0.3 is 20.1 Å². The predicted octanol–water partition coefficient (Wildman–Crippen LogP) is 4.71. The first-order valence-electron chi connectivity index (χ1n) is 10.2. The Morgan fingerprint density at radius 3 is 2.19 bits per heavy atom. The molecule has 0 saturated heterocycles. The van der Waals surface area contributed by atoms with Crippen LogP contribution < -0.4 is 25.8 Å². The Kier molecular flexibility index (Phi) is 5.85. The Hall–Kier alpha value is -4.20. The number of nitrogens with zero attached hydrogens (tertiary/aromatic N) is 2. The summed E-state index contributed by atoms with van der Waals surface area (Å²) in [6.07, 6.45) is 0. The number of ether oxygens (including phenoxy) is 2. The van der Waals surface area contributed by atoms with Gasteiger partial charge in [-0.2, -0.15) is 0 Å². The third-order valence-electron chi connectivity index (χ3n) is 5.03. The van der Waals surface area contributed by atoms with E-state index in [2.05, 4.69) is 10.6 Å². The molecule has 4 aromatic rings. The first-order valence-corrected chi connectivity index (χ1v) is 10.2. The number of amides is 2. The highest BCUT2D eigenvalue weighted by molar-refractivity contribution is 6.03. The van der Waals surface area contributed by atoms with Gasteiger partial charge in [-0.3, -0.25) is 9.13 Å². The van der Waals surface area contributed by atoms with Gasteiger partial charge in [-0.1, -0.05) is 30.3 Å². The SMILES string of the molecule is CCOc1ccccc1NC(=O)Nc1cc2c(cc1Oc1ccccc1)n(C)c(=O)n2C. The highest BCUT2D eigenvalue weighted by Gasteiger charge is 2.17.